The third kappa shape index (κ3) is 4.20. The number of hydrogen-bond donors (Lipinski definition) is 3. The van der Waals surface area contributed by atoms with E-state index in [0.717, 1.165) is 0 Å². The van der Waals surface area contributed by atoms with Gasteiger partial charge in [-0.05, 0) is 22.2 Å². The maximum atomic E-state index is 11.5. The number of fused-ring (bicyclic) bond motifs is 2. The second kappa shape index (κ2) is 9.36. The monoisotopic (exact) mass is 524 g/mol. The molecule has 2 aromatic rings. The number of aliphatic hydroxyl groups excluding tert-OH is 1. The minimum absolute atomic E-state index is 0.0268. The molecule has 35 heavy (non-hydrogen) atoms. The van der Waals surface area contributed by atoms with Crippen LogP contribution in [-0.4, -0.2) is 66.7 Å². The van der Waals surface area contributed by atoms with Gasteiger partial charge in [0.1, 0.15) is 23.8 Å². The number of nitrogens with two attached hydrogens (primary N) is 2. The van der Waals surface area contributed by atoms with Gasteiger partial charge in [-0.2, -0.15) is 9.97 Å². The van der Waals surface area contributed by atoms with Crippen LogP contribution in [0.25, 0.3) is 11.2 Å². The topological polar surface area (TPSA) is 153 Å². The lowest BCUT2D eigenvalue weighted by Crippen LogP contribution is -2.65. The van der Waals surface area contributed by atoms with E-state index in [0.29, 0.717) is 11.2 Å². The van der Waals surface area contributed by atoms with Gasteiger partial charge in [-0.3, -0.25) is 4.57 Å². The van der Waals surface area contributed by atoms with E-state index >= 15 is 0 Å². The van der Waals surface area contributed by atoms with Crippen molar-refractivity contribution in [2.75, 3.05) is 18.1 Å². The van der Waals surface area contributed by atoms with E-state index < -0.39 is 41.7 Å². The molecule has 1 unspecified atom stereocenters. The Hall–Kier alpha value is -1.62. The molecule has 2 aliphatic rings. The Balaban J connectivity index is 1.78. The van der Waals surface area contributed by atoms with Crippen LogP contribution in [0.1, 0.15) is 61.6 Å². The largest absolute Gasteiger partial charge is 0.414 e. The van der Waals surface area contributed by atoms with Gasteiger partial charge >= 0.3 is 17.1 Å². The molecule has 0 bridgehead atoms. The van der Waals surface area contributed by atoms with Gasteiger partial charge in [0.15, 0.2) is 17.7 Å². The molecule has 0 saturated carbocycles. The van der Waals surface area contributed by atoms with Crippen LogP contribution in [0, 0.1) is 0 Å². The molecule has 0 spiro atoms. The zero-order chi connectivity index (χ0) is 25.9. The number of imidazole rings is 1. The van der Waals surface area contributed by atoms with E-state index in [9.17, 15) is 5.11 Å². The highest BCUT2D eigenvalue weighted by atomic mass is 28.5. The molecule has 13 heteroatoms. The maximum Gasteiger partial charge on any atom is 0.335 e. The first-order valence-corrected chi connectivity index (χ1v) is 16.4. The van der Waals surface area contributed by atoms with Crippen LogP contribution in [0.3, 0.4) is 0 Å². The van der Waals surface area contributed by atoms with E-state index in [1.165, 1.54) is 6.33 Å². The molecule has 4 heterocycles. The van der Waals surface area contributed by atoms with Gasteiger partial charge in [0.05, 0.1) is 12.9 Å². The summed E-state index contributed by atoms with van der Waals surface area (Å²) in [6.45, 7) is 17.5. The van der Waals surface area contributed by atoms with E-state index in [1.807, 2.05) is 0 Å². The molecule has 2 saturated heterocycles. The van der Waals surface area contributed by atoms with Crippen molar-refractivity contribution in [2.45, 2.75) is 102 Å². The van der Waals surface area contributed by atoms with Crippen LogP contribution >= 0.6 is 0 Å². The summed E-state index contributed by atoms with van der Waals surface area (Å²) in [4.78, 5) is 12.6. The summed E-state index contributed by atoms with van der Waals surface area (Å²) < 4.78 is 29.0. The molecule has 0 radical (unpaired) electrons. The number of ether oxygens (including phenoxy) is 1. The molecule has 11 nitrogen and oxygen atoms in total. The minimum Gasteiger partial charge on any atom is -0.414 e. The van der Waals surface area contributed by atoms with Crippen molar-refractivity contribution in [1.29, 1.82) is 0 Å². The van der Waals surface area contributed by atoms with Gasteiger partial charge < -0.3 is 34.3 Å². The molecule has 4 atom stereocenters. The Labute approximate surface area is 209 Å². The Kier molecular flexibility index (Phi) is 7.07. The normalized spacial score (nSPS) is 28.7. The van der Waals surface area contributed by atoms with Crippen LogP contribution in [0.2, 0.25) is 22.2 Å². The van der Waals surface area contributed by atoms with Crippen molar-refractivity contribution in [3.63, 3.8) is 0 Å². The number of hydrogen-bond acceptors (Lipinski definition) is 10. The fourth-order valence-electron chi connectivity index (χ4n) is 5.51. The quantitative estimate of drug-likeness (QED) is 0.497. The first-order valence-electron chi connectivity index (χ1n) is 12.4. The van der Waals surface area contributed by atoms with Crippen LogP contribution in [-0.2, 0) is 17.7 Å². The molecular formula is C22H40N6O5Si2. The standard InChI is InChI=1S/C22H40N6O5Si2/c1-11(2)34(12(3)4)30-9-15-18(32-35(33-34,13(5)6)14(7)8)17(29)21(31-15)28-10-25-16-19(23)26-22(24)27-20(16)28/h10-15,17-18,21,29H,9H2,1-8H3,(H4,23,24,26,27)/t15-,17-,18-,21?/m1/s1. The predicted molar refractivity (Wildman–Crippen MR) is 138 cm³/mol. The van der Waals surface area contributed by atoms with Crippen LogP contribution in [0.4, 0.5) is 11.8 Å². The first-order chi connectivity index (χ1) is 16.3. The van der Waals surface area contributed by atoms with Gasteiger partial charge in [-0.15, -0.1) is 0 Å². The summed E-state index contributed by atoms with van der Waals surface area (Å²) in [7, 11) is -5.60. The molecule has 5 N–H and O–H groups in total. The summed E-state index contributed by atoms with van der Waals surface area (Å²) in [5.41, 5.74) is 13.3. The van der Waals surface area contributed by atoms with Crippen molar-refractivity contribution < 1.29 is 22.8 Å². The van der Waals surface area contributed by atoms with Gasteiger partial charge in [0.2, 0.25) is 5.95 Å². The van der Waals surface area contributed by atoms with Gasteiger partial charge in [-0.1, -0.05) is 55.4 Å². The van der Waals surface area contributed by atoms with Crippen molar-refractivity contribution in [2.24, 2.45) is 0 Å². The lowest BCUT2D eigenvalue weighted by molar-refractivity contribution is -0.0570. The molecule has 2 aromatic heterocycles. The average molecular weight is 525 g/mol. The van der Waals surface area contributed by atoms with Crippen molar-refractivity contribution >= 4 is 40.1 Å². The van der Waals surface area contributed by atoms with E-state index in [-0.39, 0.29) is 40.5 Å². The minimum atomic E-state index is -2.89. The second-order valence-electron chi connectivity index (χ2n) is 10.9. The highest BCUT2D eigenvalue weighted by molar-refractivity contribution is 6.84. The molecule has 0 amide bonds. The SMILES string of the molecule is CC(C)[Si]1(C(C)C)OC[C@H]2OC(n3cnc4c(N)nc(N)nc43)[C@H](O)[C@@H]2O[Si](C(C)C)(C(C)C)O1. The summed E-state index contributed by atoms with van der Waals surface area (Å²) in [6, 6.07) is 0. The van der Waals surface area contributed by atoms with Crippen LogP contribution in [0.5, 0.6) is 0 Å². The zero-order valence-electron chi connectivity index (χ0n) is 21.9. The third-order valence-electron chi connectivity index (χ3n) is 7.38. The number of nitrogen functional groups attached to an aromatic ring is 2. The van der Waals surface area contributed by atoms with E-state index in [1.54, 1.807) is 4.57 Å². The third-order valence-corrected chi connectivity index (χ3v) is 17.6. The fourth-order valence-corrected chi connectivity index (χ4v) is 16.7. The fraction of sp³-hybridized carbons (Fsp3) is 0.773. The maximum absolute atomic E-state index is 11.5. The number of rotatable bonds is 5. The molecule has 2 aliphatic heterocycles. The smallest absolute Gasteiger partial charge is 0.335 e. The van der Waals surface area contributed by atoms with Crippen molar-refractivity contribution in [3.05, 3.63) is 6.33 Å². The Bertz CT molecular complexity index is 1050. The predicted octanol–water partition coefficient (Wildman–Crippen LogP) is 3.21. The van der Waals surface area contributed by atoms with Gasteiger partial charge in [-0.25, -0.2) is 4.98 Å². The lowest BCUT2D eigenvalue weighted by atomic mass is 10.1. The average Bonchev–Trinajstić information content (AvgIpc) is 3.28. The second-order valence-corrected chi connectivity index (χ2v) is 19.7. The Morgan fingerprint density at radius 3 is 2.14 bits per heavy atom. The Morgan fingerprint density at radius 1 is 0.971 bits per heavy atom. The number of aromatic nitrogens is 4. The summed E-state index contributed by atoms with van der Waals surface area (Å²) in [5, 5.41) is 11.5. The van der Waals surface area contributed by atoms with Crippen LogP contribution < -0.4 is 11.5 Å². The first kappa shape index (κ1) is 26.4. The van der Waals surface area contributed by atoms with Crippen LogP contribution in [0.15, 0.2) is 6.33 Å². The molecule has 2 fully saturated rings. The molecule has 0 aromatic carbocycles. The van der Waals surface area contributed by atoms with Crippen molar-refractivity contribution in [1.82, 2.24) is 19.5 Å². The highest BCUT2D eigenvalue weighted by Crippen LogP contribution is 2.48. The Morgan fingerprint density at radius 2 is 1.57 bits per heavy atom. The molecule has 4 rings (SSSR count). The molecule has 196 valence electrons. The summed E-state index contributed by atoms with van der Waals surface area (Å²) >= 11 is 0. The molecular weight excluding hydrogens is 484 g/mol. The lowest BCUT2D eigenvalue weighted by Gasteiger charge is -2.51. The summed E-state index contributed by atoms with van der Waals surface area (Å²) in [5.74, 6) is 0.201. The van der Waals surface area contributed by atoms with Crippen molar-refractivity contribution in [3.8, 4) is 0 Å². The summed E-state index contributed by atoms with van der Waals surface area (Å²) in [6.07, 6.45) is -1.38. The number of aliphatic hydroxyl groups is 1. The van der Waals surface area contributed by atoms with Gasteiger partial charge in [0, 0.05) is 0 Å². The number of nitrogens with zero attached hydrogens (tertiary/aromatic N) is 4. The zero-order valence-corrected chi connectivity index (χ0v) is 23.9. The number of anilines is 2. The van der Waals surface area contributed by atoms with E-state index in [2.05, 4.69) is 70.3 Å². The van der Waals surface area contributed by atoms with Gasteiger partial charge in [0.25, 0.3) is 0 Å². The van der Waals surface area contributed by atoms with E-state index in [4.69, 9.17) is 29.2 Å². The molecule has 0 aliphatic carbocycles. The highest BCUT2D eigenvalue weighted by Gasteiger charge is 2.61.